The van der Waals surface area contributed by atoms with Crippen molar-refractivity contribution in [3.8, 4) is 0 Å². The van der Waals surface area contributed by atoms with Crippen LogP contribution in [0.4, 0.5) is 0 Å². The van der Waals surface area contributed by atoms with E-state index in [4.69, 9.17) is 21.9 Å². The van der Waals surface area contributed by atoms with Crippen LogP contribution in [0.5, 0.6) is 0 Å². The van der Waals surface area contributed by atoms with Crippen molar-refractivity contribution in [1.82, 2.24) is 0 Å². The van der Waals surface area contributed by atoms with E-state index in [0.717, 1.165) is 13.0 Å². The average Bonchev–Trinajstić information content (AvgIpc) is 2.14. The molecule has 4 nitrogen and oxygen atoms in total. The Bertz CT molecular complexity index is 96.2. The molecule has 0 aliphatic carbocycles. The fraction of sp³-hybridized carbons (Fsp3) is 1.00. The van der Waals surface area contributed by atoms with E-state index in [0.29, 0.717) is 26.2 Å². The molecule has 0 radical (unpaired) electrons. The monoisotopic (exact) mass is 175 g/mol. The second kappa shape index (κ2) is 6.37. The van der Waals surface area contributed by atoms with Crippen molar-refractivity contribution in [2.75, 3.05) is 32.8 Å². The van der Waals surface area contributed by atoms with Crippen molar-refractivity contribution in [2.45, 2.75) is 13.3 Å². The third-order valence-corrected chi connectivity index (χ3v) is 2.06. The van der Waals surface area contributed by atoms with Crippen molar-refractivity contribution >= 4 is 0 Å². The Kier molecular flexibility index (Phi) is 6.28. The maximum Gasteiger partial charge on any atom is 0.0558 e. The molecule has 0 aliphatic heterocycles. The molecule has 0 heterocycles. The second-order valence-corrected chi connectivity index (χ2v) is 3.16. The first-order chi connectivity index (χ1) is 5.74. The molecule has 0 saturated carbocycles. The van der Waals surface area contributed by atoms with E-state index < -0.39 is 0 Å². The summed E-state index contributed by atoms with van der Waals surface area (Å²) in [6, 6.07) is 0. The molecular weight excluding hydrogens is 154 g/mol. The molecule has 0 amide bonds. The molecule has 0 aromatic heterocycles. The highest BCUT2D eigenvalue weighted by Crippen LogP contribution is 2.11. The van der Waals surface area contributed by atoms with Crippen molar-refractivity contribution in [3.05, 3.63) is 0 Å². The molecule has 74 valence electrons. The minimum atomic E-state index is -0.213. The van der Waals surface area contributed by atoms with Gasteiger partial charge in [0.25, 0.3) is 0 Å². The predicted octanol–water partition coefficient (Wildman–Crippen LogP) is -0.724. The summed E-state index contributed by atoms with van der Waals surface area (Å²) in [5, 5.41) is 0. The van der Waals surface area contributed by atoms with Gasteiger partial charge in [-0.15, -0.1) is 0 Å². The number of ether oxygens (including phenoxy) is 1. The van der Waals surface area contributed by atoms with Crippen LogP contribution in [-0.4, -0.2) is 32.8 Å². The Hall–Kier alpha value is -0.160. The number of rotatable bonds is 7. The maximum absolute atomic E-state index is 5.57. The molecule has 0 aliphatic rings. The van der Waals surface area contributed by atoms with Gasteiger partial charge in [0, 0.05) is 31.7 Å². The van der Waals surface area contributed by atoms with Crippen molar-refractivity contribution < 1.29 is 4.74 Å². The maximum atomic E-state index is 5.57. The summed E-state index contributed by atoms with van der Waals surface area (Å²) in [7, 11) is 0. The molecule has 0 aromatic carbocycles. The van der Waals surface area contributed by atoms with Gasteiger partial charge in [0.1, 0.15) is 0 Å². The molecule has 0 bridgehead atoms. The van der Waals surface area contributed by atoms with Crippen LogP contribution in [0.2, 0.25) is 0 Å². The molecule has 0 rings (SSSR count). The van der Waals surface area contributed by atoms with E-state index in [1.54, 1.807) is 0 Å². The summed E-state index contributed by atoms with van der Waals surface area (Å²) in [6.45, 7) is 4.86. The third-order valence-electron chi connectivity index (χ3n) is 2.06. The van der Waals surface area contributed by atoms with Gasteiger partial charge in [0.2, 0.25) is 0 Å². The lowest BCUT2D eigenvalue weighted by Crippen LogP contribution is -2.47. The fourth-order valence-electron chi connectivity index (χ4n) is 0.860. The molecule has 0 aromatic rings. The highest BCUT2D eigenvalue weighted by atomic mass is 16.5. The van der Waals surface area contributed by atoms with Crippen LogP contribution in [-0.2, 0) is 4.74 Å². The Balaban J connectivity index is 3.76. The molecule has 4 heteroatoms. The summed E-state index contributed by atoms with van der Waals surface area (Å²) in [5.41, 5.74) is 16.5. The summed E-state index contributed by atoms with van der Waals surface area (Å²) in [4.78, 5) is 0. The molecule has 0 fully saturated rings. The molecule has 0 atom stereocenters. The minimum absolute atomic E-state index is 0.213. The molecule has 0 unspecified atom stereocenters. The average molecular weight is 175 g/mol. The Morgan fingerprint density at radius 1 is 1.08 bits per heavy atom. The van der Waals surface area contributed by atoms with E-state index in [2.05, 4.69) is 6.92 Å². The molecular formula is C8H21N3O. The molecule has 0 saturated heterocycles. The summed E-state index contributed by atoms with van der Waals surface area (Å²) in [5.74, 6) is 0. The van der Waals surface area contributed by atoms with E-state index in [-0.39, 0.29) is 5.41 Å². The van der Waals surface area contributed by atoms with Gasteiger partial charge in [-0.25, -0.2) is 0 Å². The van der Waals surface area contributed by atoms with Gasteiger partial charge in [0.05, 0.1) is 6.61 Å². The Labute approximate surface area is 74.4 Å². The summed E-state index contributed by atoms with van der Waals surface area (Å²) >= 11 is 0. The lowest BCUT2D eigenvalue weighted by molar-refractivity contribution is 0.0567. The molecule has 12 heavy (non-hydrogen) atoms. The van der Waals surface area contributed by atoms with Crippen LogP contribution in [0.25, 0.3) is 0 Å². The first-order valence-corrected chi connectivity index (χ1v) is 4.42. The predicted molar refractivity (Wildman–Crippen MR) is 50.7 cm³/mol. The fourth-order valence-corrected chi connectivity index (χ4v) is 0.860. The summed E-state index contributed by atoms with van der Waals surface area (Å²) in [6.07, 6.45) is 1.01. The minimum Gasteiger partial charge on any atom is -0.381 e. The molecule has 6 N–H and O–H groups in total. The van der Waals surface area contributed by atoms with Crippen LogP contribution in [0.1, 0.15) is 13.3 Å². The number of hydrogen-bond donors (Lipinski definition) is 3. The zero-order chi connectivity index (χ0) is 9.45. The van der Waals surface area contributed by atoms with Crippen molar-refractivity contribution in [1.29, 1.82) is 0 Å². The van der Waals surface area contributed by atoms with E-state index in [1.807, 2.05) is 0 Å². The van der Waals surface area contributed by atoms with Crippen LogP contribution >= 0.6 is 0 Å². The van der Waals surface area contributed by atoms with E-state index in [1.165, 1.54) is 0 Å². The zero-order valence-electron chi connectivity index (χ0n) is 7.88. The highest BCUT2D eigenvalue weighted by Gasteiger charge is 2.25. The van der Waals surface area contributed by atoms with Gasteiger partial charge < -0.3 is 21.9 Å². The van der Waals surface area contributed by atoms with Crippen LogP contribution in [0, 0.1) is 5.41 Å². The lowest BCUT2D eigenvalue weighted by Gasteiger charge is -2.28. The van der Waals surface area contributed by atoms with Crippen molar-refractivity contribution in [3.63, 3.8) is 0 Å². The zero-order valence-corrected chi connectivity index (χ0v) is 7.88. The Morgan fingerprint density at radius 2 is 1.58 bits per heavy atom. The van der Waals surface area contributed by atoms with Gasteiger partial charge in [-0.2, -0.15) is 0 Å². The second-order valence-electron chi connectivity index (χ2n) is 3.16. The van der Waals surface area contributed by atoms with Gasteiger partial charge >= 0.3 is 0 Å². The standard InChI is InChI=1S/C8H21N3O/c1-2-3-12-7-8(4-9,5-10)6-11/h2-7,9-11H2,1H3. The van der Waals surface area contributed by atoms with E-state index >= 15 is 0 Å². The van der Waals surface area contributed by atoms with Crippen LogP contribution in [0.3, 0.4) is 0 Å². The van der Waals surface area contributed by atoms with Crippen LogP contribution in [0.15, 0.2) is 0 Å². The highest BCUT2D eigenvalue weighted by molar-refractivity contribution is 4.82. The van der Waals surface area contributed by atoms with Gasteiger partial charge in [-0.05, 0) is 6.42 Å². The van der Waals surface area contributed by atoms with Gasteiger partial charge in [0.15, 0.2) is 0 Å². The SMILES string of the molecule is CCCOCC(CN)(CN)CN. The smallest absolute Gasteiger partial charge is 0.0558 e. The summed E-state index contributed by atoms with van der Waals surface area (Å²) < 4.78 is 5.38. The third kappa shape index (κ3) is 3.49. The van der Waals surface area contributed by atoms with Gasteiger partial charge in [-0.3, -0.25) is 0 Å². The van der Waals surface area contributed by atoms with Crippen molar-refractivity contribution in [2.24, 2.45) is 22.6 Å². The number of nitrogens with two attached hydrogens (primary N) is 3. The molecule has 0 spiro atoms. The van der Waals surface area contributed by atoms with Gasteiger partial charge in [-0.1, -0.05) is 6.92 Å². The normalized spacial score (nSPS) is 12.0. The Morgan fingerprint density at radius 3 is 1.92 bits per heavy atom. The lowest BCUT2D eigenvalue weighted by atomic mass is 9.89. The largest absolute Gasteiger partial charge is 0.381 e. The first kappa shape index (κ1) is 11.8. The number of hydrogen-bond acceptors (Lipinski definition) is 4. The first-order valence-electron chi connectivity index (χ1n) is 4.42. The quantitative estimate of drug-likeness (QED) is 0.445. The topological polar surface area (TPSA) is 87.3 Å². The van der Waals surface area contributed by atoms with E-state index in [9.17, 15) is 0 Å². The van der Waals surface area contributed by atoms with Crippen LogP contribution < -0.4 is 17.2 Å².